The third-order valence-corrected chi connectivity index (χ3v) is 5.52. The number of rotatable bonds is 2. The smallest absolute Gasteiger partial charge is 0.351 e. The van der Waals surface area contributed by atoms with Crippen LogP contribution < -0.4 is 0 Å². The largest absolute Gasteiger partial charge is 0.458 e. The summed E-state index contributed by atoms with van der Waals surface area (Å²) in [5.74, 6) is -1.56. The molecule has 134 valence electrons. The molecular weight excluding hydrogens is 320 g/mol. The summed E-state index contributed by atoms with van der Waals surface area (Å²) in [7, 11) is 0. The minimum atomic E-state index is -1.32. The Labute approximate surface area is 147 Å². The molecule has 0 spiro atoms. The van der Waals surface area contributed by atoms with Crippen LogP contribution in [0.2, 0.25) is 0 Å². The van der Waals surface area contributed by atoms with Crippen molar-refractivity contribution in [2.24, 2.45) is 11.8 Å². The van der Waals surface area contributed by atoms with Crippen molar-refractivity contribution in [1.82, 2.24) is 0 Å². The van der Waals surface area contributed by atoms with Crippen LogP contribution >= 0.6 is 0 Å². The second kappa shape index (κ2) is 5.97. The van der Waals surface area contributed by atoms with Crippen LogP contribution in [0.5, 0.6) is 0 Å². The van der Waals surface area contributed by atoms with Crippen LogP contribution in [0.25, 0.3) is 0 Å². The van der Waals surface area contributed by atoms with Crippen molar-refractivity contribution in [2.75, 3.05) is 0 Å². The lowest BCUT2D eigenvalue weighted by atomic mass is 9.78. The molecule has 0 saturated carbocycles. The van der Waals surface area contributed by atoms with E-state index in [4.69, 9.17) is 9.47 Å². The van der Waals surface area contributed by atoms with Crippen LogP contribution in [0.15, 0.2) is 34.4 Å². The predicted molar refractivity (Wildman–Crippen MR) is 91.5 cm³/mol. The van der Waals surface area contributed by atoms with Crippen molar-refractivity contribution >= 4 is 17.7 Å². The highest BCUT2D eigenvalue weighted by atomic mass is 16.6. The van der Waals surface area contributed by atoms with E-state index in [1.807, 2.05) is 13.8 Å². The zero-order valence-electron chi connectivity index (χ0n) is 15.3. The summed E-state index contributed by atoms with van der Waals surface area (Å²) in [6.07, 6.45) is 3.87. The Hall–Kier alpha value is -2.17. The molecule has 0 unspecified atom stereocenters. The van der Waals surface area contributed by atoms with Crippen molar-refractivity contribution in [3.8, 4) is 0 Å². The topological polar surface area (TPSA) is 69.7 Å². The fourth-order valence-electron chi connectivity index (χ4n) is 4.28. The minimum Gasteiger partial charge on any atom is -0.458 e. The molecule has 0 amide bonds. The van der Waals surface area contributed by atoms with E-state index in [9.17, 15) is 14.4 Å². The SMILES string of the molecule is CC(C)=CC(=O)O[C@@]1(C)C(=O)O[C@H]2[C@@H]3C(C)=CC(=O)C3=C(C)CC[C@H]21. The molecule has 1 heterocycles. The van der Waals surface area contributed by atoms with Gasteiger partial charge in [-0.1, -0.05) is 16.7 Å². The summed E-state index contributed by atoms with van der Waals surface area (Å²) >= 11 is 0. The molecule has 0 aromatic rings. The summed E-state index contributed by atoms with van der Waals surface area (Å²) in [5, 5.41) is 0. The van der Waals surface area contributed by atoms with Crippen molar-refractivity contribution in [3.63, 3.8) is 0 Å². The third kappa shape index (κ3) is 2.75. The van der Waals surface area contributed by atoms with E-state index in [2.05, 4.69) is 0 Å². The lowest BCUT2D eigenvalue weighted by molar-refractivity contribution is -0.170. The Morgan fingerprint density at radius 2 is 2.00 bits per heavy atom. The number of ketones is 1. The van der Waals surface area contributed by atoms with Gasteiger partial charge in [0, 0.05) is 23.5 Å². The van der Waals surface area contributed by atoms with Crippen molar-refractivity contribution in [2.45, 2.75) is 59.2 Å². The van der Waals surface area contributed by atoms with Crippen LogP contribution in [0.1, 0.15) is 47.5 Å². The maximum Gasteiger partial charge on any atom is 0.351 e. The Bertz CT molecular complexity index is 750. The van der Waals surface area contributed by atoms with E-state index in [0.717, 1.165) is 22.3 Å². The van der Waals surface area contributed by atoms with E-state index >= 15 is 0 Å². The number of carbonyl (C=O) groups is 3. The number of allylic oxidation sites excluding steroid dienone is 3. The molecule has 1 fully saturated rings. The molecule has 3 rings (SSSR count). The maximum absolute atomic E-state index is 12.6. The second-order valence-corrected chi connectivity index (χ2v) is 7.69. The van der Waals surface area contributed by atoms with Gasteiger partial charge in [0.15, 0.2) is 5.78 Å². The Kier molecular flexibility index (Phi) is 4.21. The van der Waals surface area contributed by atoms with Gasteiger partial charge in [-0.3, -0.25) is 4.79 Å². The van der Waals surface area contributed by atoms with Gasteiger partial charge < -0.3 is 9.47 Å². The van der Waals surface area contributed by atoms with Crippen molar-refractivity contribution in [3.05, 3.63) is 34.4 Å². The molecule has 5 heteroatoms. The van der Waals surface area contributed by atoms with Gasteiger partial charge in [0.05, 0.1) is 0 Å². The molecule has 3 aliphatic rings. The van der Waals surface area contributed by atoms with Gasteiger partial charge in [0.1, 0.15) is 6.10 Å². The average molecular weight is 344 g/mol. The predicted octanol–water partition coefficient (Wildman–Crippen LogP) is 3.05. The van der Waals surface area contributed by atoms with Crippen molar-refractivity contribution < 1.29 is 23.9 Å². The highest BCUT2D eigenvalue weighted by Crippen LogP contribution is 2.50. The summed E-state index contributed by atoms with van der Waals surface area (Å²) in [5.41, 5.74) is 2.17. The summed E-state index contributed by atoms with van der Waals surface area (Å²) in [6, 6.07) is 0. The first-order valence-electron chi connectivity index (χ1n) is 8.66. The zero-order chi connectivity index (χ0) is 18.5. The lowest BCUT2D eigenvalue weighted by Gasteiger charge is -2.29. The molecule has 0 bridgehead atoms. The number of carbonyl (C=O) groups excluding carboxylic acids is 3. The van der Waals surface area contributed by atoms with Crippen LogP contribution in [0, 0.1) is 11.8 Å². The normalized spacial score (nSPS) is 34.0. The Morgan fingerprint density at radius 1 is 1.32 bits per heavy atom. The molecule has 0 radical (unpaired) electrons. The number of hydrogen-bond acceptors (Lipinski definition) is 5. The van der Waals surface area contributed by atoms with Crippen LogP contribution in [-0.2, 0) is 23.9 Å². The molecule has 2 aliphatic carbocycles. The summed E-state index contributed by atoms with van der Waals surface area (Å²) < 4.78 is 11.3. The zero-order valence-corrected chi connectivity index (χ0v) is 15.3. The molecule has 0 aromatic heterocycles. The quantitative estimate of drug-likeness (QED) is 0.569. The lowest BCUT2D eigenvalue weighted by Crippen LogP contribution is -2.44. The van der Waals surface area contributed by atoms with Crippen LogP contribution in [0.4, 0.5) is 0 Å². The van der Waals surface area contributed by atoms with E-state index in [1.165, 1.54) is 6.08 Å². The first-order valence-corrected chi connectivity index (χ1v) is 8.66. The fourth-order valence-corrected chi connectivity index (χ4v) is 4.28. The molecule has 5 nitrogen and oxygen atoms in total. The van der Waals surface area contributed by atoms with Gasteiger partial charge >= 0.3 is 11.9 Å². The second-order valence-electron chi connectivity index (χ2n) is 7.69. The molecule has 25 heavy (non-hydrogen) atoms. The van der Waals surface area contributed by atoms with Crippen LogP contribution in [0.3, 0.4) is 0 Å². The van der Waals surface area contributed by atoms with E-state index in [-0.39, 0.29) is 17.6 Å². The Balaban J connectivity index is 1.97. The third-order valence-electron chi connectivity index (χ3n) is 5.52. The maximum atomic E-state index is 12.6. The van der Waals surface area contributed by atoms with Gasteiger partial charge in [-0.25, -0.2) is 9.59 Å². The van der Waals surface area contributed by atoms with Gasteiger partial charge in [-0.2, -0.15) is 0 Å². The van der Waals surface area contributed by atoms with Gasteiger partial charge in [0.25, 0.3) is 0 Å². The van der Waals surface area contributed by atoms with E-state index < -0.39 is 23.6 Å². The molecule has 1 aliphatic heterocycles. The molecular formula is C20H24O5. The monoisotopic (exact) mass is 344 g/mol. The first-order chi connectivity index (χ1) is 11.6. The number of esters is 2. The van der Waals surface area contributed by atoms with Gasteiger partial charge in [-0.05, 0) is 53.5 Å². The average Bonchev–Trinajstić information content (AvgIpc) is 2.83. The summed E-state index contributed by atoms with van der Waals surface area (Å²) in [4.78, 5) is 37.1. The fraction of sp³-hybridized carbons (Fsp3) is 0.550. The van der Waals surface area contributed by atoms with E-state index in [0.29, 0.717) is 12.8 Å². The highest BCUT2D eigenvalue weighted by molar-refractivity contribution is 6.09. The molecule has 0 N–H and O–H groups in total. The first kappa shape index (κ1) is 17.6. The minimum absolute atomic E-state index is 0.00633. The number of hydrogen-bond donors (Lipinski definition) is 0. The van der Waals surface area contributed by atoms with Gasteiger partial charge in [0.2, 0.25) is 5.60 Å². The van der Waals surface area contributed by atoms with Gasteiger partial charge in [-0.15, -0.1) is 0 Å². The van der Waals surface area contributed by atoms with Crippen LogP contribution in [-0.4, -0.2) is 29.4 Å². The Morgan fingerprint density at radius 3 is 2.64 bits per heavy atom. The number of fused-ring (bicyclic) bond motifs is 3. The highest BCUT2D eigenvalue weighted by Gasteiger charge is 2.61. The van der Waals surface area contributed by atoms with E-state index in [1.54, 1.807) is 26.8 Å². The summed E-state index contributed by atoms with van der Waals surface area (Å²) in [6.45, 7) is 9.07. The standard InChI is InChI=1S/C20H24O5/c1-10(2)8-15(22)25-20(5)13-7-6-11(3)16-14(21)9-12(4)17(16)18(13)24-19(20)23/h8-9,13,17-18H,6-7H2,1-5H3/t13-,17-,18-,20-/m1/s1. The molecule has 0 aromatic carbocycles. The van der Waals surface area contributed by atoms with Crippen molar-refractivity contribution in [1.29, 1.82) is 0 Å². The molecule has 4 atom stereocenters. The molecule has 1 saturated heterocycles. The number of ether oxygens (including phenoxy) is 2.